The monoisotopic (exact) mass is 360 g/mol. The van der Waals surface area contributed by atoms with Crippen LogP contribution in [0.15, 0.2) is 33.9 Å². The smallest absolute Gasteiger partial charge is 0.277 e. The first-order valence-corrected chi connectivity index (χ1v) is 8.69. The number of hydrogen-bond acceptors (Lipinski definition) is 7. The molecule has 1 aromatic heterocycles. The fourth-order valence-electron chi connectivity index (χ4n) is 1.87. The molecule has 0 bridgehead atoms. The predicted molar refractivity (Wildman–Crippen MR) is 94.0 cm³/mol. The van der Waals surface area contributed by atoms with Gasteiger partial charge in [-0.05, 0) is 37.1 Å². The van der Waals surface area contributed by atoms with Gasteiger partial charge in [-0.1, -0.05) is 25.6 Å². The van der Waals surface area contributed by atoms with Crippen molar-refractivity contribution in [3.8, 4) is 23.3 Å². The number of methoxy groups -OCH3 is 1. The number of nitrogens with zero attached hydrogens (tertiary/aromatic N) is 3. The van der Waals surface area contributed by atoms with E-state index in [1.165, 1.54) is 0 Å². The van der Waals surface area contributed by atoms with Gasteiger partial charge in [0.25, 0.3) is 5.22 Å². The summed E-state index contributed by atoms with van der Waals surface area (Å²) >= 11 is 1.13. The number of ether oxygens (including phenoxy) is 1. The van der Waals surface area contributed by atoms with Crippen LogP contribution >= 0.6 is 11.8 Å². The summed E-state index contributed by atoms with van der Waals surface area (Å²) < 4.78 is 10.7. The van der Waals surface area contributed by atoms with Crippen LogP contribution in [0, 0.1) is 17.2 Å². The second-order valence-corrected chi connectivity index (χ2v) is 6.83. The molecule has 8 heteroatoms. The van der Waals surface area contributed by atoms with Gasteiger partial charge in [-0.3, -0.25) is 4.79 Å². The second-order valence-electron chi connectivity index (χ2n) is 5.91. The Bertz CT molecular complexity index is 767. The van der Waals surface area contributed by atoms with Crippen molar-refractivity contribution in [2.45, 2.75) is 31.5 Å². The van der Waals surface area contributed by atoms with Gasteiger partial charge in [0, 0.05) is 5.56 Å². The Morgan fingerprint density at radius 2 is 2.08 bits per heavy atom. The number of benzene rings is 1. The van der Waals surface area contributed by atoms with Crippen molar-refractivity contribution in [1.82, 2.24) is 15.5 Å². The van der Waals surface area contributed by atoms with Crippen molar-refractivity contribution in [2.75, 3.05) is 12.9 Å². The standard InChI is InChI=1S/C17H20N4O3S/c1-11(2)17(3,10-18)19-14(22)9-25-16-21-20-15(24-16)12-5-7-13(23-4)8-6-12/h5-8,11H,9H2,1-4H3,(H,19,22)/t17-/m0/s1. The first-order chi connectivity index (χ1) is 11.9. The number of hydrogen-bond donors (Lipinski definition) is 1. The summed E-state index contributed by atoms with van der Waals surface area (Å²) in [5.41, 5.74) is -0.137. The van der Waals surface area contributed by atoms with Gasteiger partial charge < -0.3 is 14.5 Å². The van der Waals surface area contributed by atoms with Gasteiger partial charge in [0.15, 0.2) is 0 Å². The van der Waals surface area contributed by atoms with Crippen molar-refractivity contribution < 1.29 is 13.9 Å². The average Bonchev–Trinajstić information content (AvgIpc) is 3.08. The SMILES string of the molecule is COc1ccc(-c2nnc(SCC(=O)N[C@@](C)(C#N)C(C)C)o2)cc1. The van der Waals surface area contributed by atoms with Crippen LogP contribution in [-0.2, 0) is 4.79 Å². The molecule has 0 spiro atoms. The van der Waals surface area contributed by atoms with Crippen LogP contribution in [0.4, 0.5) is 0 Å². The lowest BCUT2D eigenvalue weighted by atomic mass is 9.90. The zero-order chi connectivity index (χ0) is 18.4. The van der Waals surface area contributed by atoms with Crippen molar-refractivity contribution in [3.05, 3.63) is 24.3 Å². The highest BCUT2D eigenvalue weighted by molar-refractivity contribution is 7.99. The summed E-state index contributed by atoms with van der Waals surface area (Å²) in [5, 5.41) is 20.2. The first kappa shape index (κ1) is 18.8. The zero-order valence-electron chi connectivity index (χ0n) is 14.6. The Kier molecular flexibility index (Phi) is 6.04. The minimum atomic E-state index is -0.902. The predicted octanol–water partition coefficient (Wildman–Crippen LogP) is 2.89. The van der Waals surface area contributed by atoms with Crippen LogP contribution in [0.1, 0.15) is 20.8 Å². The number of rotatable bonds is 7. The highest BCUT2D eigenvalue weighted by Crippen LogP contribution is 2.25. The summed E-state index contributed by atoms with van der Waals surface area (Å²) in [6.07, 6.45) is 0. The molecule has 0 aliphatic heterocycles. The zero-order valence-corrected chi connectivity index (χ0v) is 15.4. The molecule has 0 radical (unpaired) electrons. The maximum absolute atomic E-state index is 12.1. The van der Waals surface area contributed by atoms with E-state index < -0.39 is 5.54 Å². The number of carbonyl (C=O) groups is 1. The molecule has 0 saturated heterocycles. The molecule has 2 rings (SSSR count). The number of thioether (sulfide) groups is 1. The van der Waals surface area contributed by atoms with E-state index in [4.69, 9.17) is 9.15 Å². The quantitative estimate of drug-likeness (QED) is 0.758. The molecule has 1 N–H and O–H groups in total. The first-order valence-electron chi connectivity index (χ1n) is 7.71. The second kappa shape index (κ2) is 8.03. The highest BCUT2D eigenvalue weighted by Gasteiger charge is 2.30. The number of nitrogens with one attached hydrogen (secondary N) is 1. The third-order valence-corrected chi connectivity index (χ3v) is 4.67. The molecule has 0 aliphatic carbocycles. The van der Waals surface area contributed by atoms with Crippen molar-refractivity contribution >= 4 is 17.7 Å². The topological polar surface area (TPSA) is 101 Å². The fraction of sp³-hybridized carbons (Fsp3) is 0.412. The van der Waals surface area contributed by atoms with E-state index in [0.29, 0.717) is 11.1 Å². The number of amides is 1. The molecular formula is C17H20N4O3S. The van der Waals surface area contributed by atoms with Gasteiger partial charge in [0.2, 0.25) is 11.8 Å². The van der Waals surface area contributed by atoms with Gasteiger partial charge >= 0.3 is 0 Å². The number of carbonyl (C=O) groups excluding carboxylic acids is 1. The Labute approximate surface area is 150 Å². The average molecular weight is 360 g/mol. The van der Waals surface area contributed by atoms with Crippen LogP contribution in [0.2, 0.25) is 0 Å². The van der Waals surface area contributed by atoms with Crippen LogP contribution < -0.4 is 10.1 Å². The van der Waals surface area contributed by atoms with Gasteiger partial charge in [0.1, 0.15) is 11.3 Å². The van der Waals surface area contributed by atoms with E-state index in [0.717, 1.165) is 23.1 Å². The van der Waals surface area contributed by atoms with Gasteiger partial charge in [-0.2, -0.15) is 5.26 Å². The normalized spacial score (nSPS) is 13.1. The lowest BCUT2D eigenvalue weighted by Crippen LogP contribution is -2.49. The molecule has 7 nitrogen and oxygen atoms in total. The van der Waals surface area contributed by atoms with Crippen LogP contribution in [-0.4, -0.2) is 34.5 Å². The van der Waals surface area contributed by atoms with Crippen LogP contribution in [0.25, 0.3) is 11.5 Å². The number of aromatic nitrogens is 2. The molecular weight excluding hydrogens is 340 g/mol. The Hall–Kier alpha value is -2.53. The van der Waals surface area contributed by atoms with E-state index in [9.17, 15) is 10.1 Å². The Balaban J connectivity index is 1.95. The lowest BCUT2D eigenvalue weighted by molar-refractivity contribution is -0.120. The van der Waals surface area contributed by atoms with Crippen molar-refractivity contribution in [1.29, 1.82) is 5.26 Å². The maximum Gasteiger partial charge on any atom is 0.277 e. The van der Waals surface area contributed by atoms with Crippen LogP contribution in [0.5, 0.6) is 5.75 Å². The minimum absolute atomic E-state index is 0.00321. The third kappa shape index (κ3) is 4.73. The molecule has 0 fully saturated rings. The van der Waals surface area contributed by atoms with Gasteiger partial charge in [-0.15, -0.1) is 10.2 Å². The largest absolute Gasteiger partial charge is 0.497 e. The molecule has 25 heavy (non-hydrogen) atoms. The lowest BCUT2D eigenvalue weighted by Gasteiger charge is -2.27. The maximum atomic E-state index is 12.1. The van der Waals surface area contributed by atoms with Crippen molar-refractivity contribution in [3.63, 3.8) is 0 Å². The Morgan fingerprint density at radius 3 is 2.64 bits per heavy atom. The molecule has 0 unspecified atom stereocenters. The third-order valence-electron chi connectivity index (χ3n) is 3.86. The van der Waals surface area contributed by atoms with Gasteiger partial charge in [0.05, 0.1) is 18.9 Å². The molecule has 132 valence electrons. The number of nitriles is 1. The minimum Gasteiger partial charge on any atom is -0.497 e. The van der Waals surface area contributed by atoms with E-state index in [1.54, 1.807) is 26.2 Å². The molecule has 1 heterocycles. The van der Waals surface area contributed by atoms with Crippen molar-refractivity contribution in [2.24, 2.45) is 5.92 Å². The molecule has 1 amide bonds. The summed E-state index contributed by atoms with van der Waals surface area (Å²) in [6, 6.07) is 9.37. The van der Waals surface area contributed by atoms with E-state index in [-0.39, 0.29) is 17.6 Å². The highest BCUT2D eigenvalue weighted by atomic mass is 32.2. The summed E-state index contributed by atoms with van der Waals surface area (Å²) in [4.78, 5) is 12.1. The summed E-state index contributed by atoms with van der Waals surface area (Å²) in [7, 11) is 1.60. The van der Waals surface area contributed by atoms with E-state index in [1.807, 2.05) is 26.0 Å². The molecule has 0 saturated carbocycles. The molecule has 1 aromatic carbocycles. The van der Waals surface area contributed by atoms with Gasteiger partial charge in [-0.25, -0.2) is 0 Å². The summed E-state index contributed by atoms with van der Waals surface area (Å²) in [6.45, 7) is 5.47. The fourth-order valence-corrected chi connectivity index (χ4v) is 2.44. The molecule has 1 atom stereocenters. The van der Waals surface area contributed by atoms with E-state index in [2.05, 4.69) is 21.6 Å². The summed E-state index contributed by atoms with van der Waals surface area (Å²) in [5.74, 6) is 0.937. The molecule has 2 aromatic rings. The molecule has 0 aliphatic rings. The van der Waals surface area contributed by atoms with Crippen LogP contribution in [0.3, 0.4) is 0 Å². The van der Waals surface area contributed by atoms with E-state index >= 15 is 0 Å². The Morgan fingerprint density at radius 1 is 1.40 bits per heavy atom.